The molecule has 2 aromatic rings. The average molecular weight is 447 g/mol. The van der Waals surface area contributed by atoms with E-state index in [4.69, 9.17) is 4.74 Å². The predicted molar refractivity (Wildman–Crippen MR) is 120 cm³/mol. The summed E-state index contributed by atoms with van der Waals surface area (Å²) in [6.07, 6.45) is 3.23. The van der Waals surface area contributed by atoms with E-state index in [-0.39, 0.29) is 30.9 Å². The fourth-order valence-electron chi connectivity index (χ4n) is 4.29. The molecule has 1 fully saturated rings. The summed E-state index contributed by atoms with van der Waals surface area (Å²) in [5, 5.41) is 12.4. The fourth-order valence-corrected chi connectivity index (χ4v) is 5.21. The van der Waals surface area contributed by atoms with Crippen molar-refractivity contribution < 1.29 is 19.0 Å². The van der Waals surface area contributed by atoms with E-state index in [1.807, 2.05) is 4.90 Å². The van der Waals surface area contributed by atoms with Gasteiger partial charge in [0.05, 0.1) is 18.2 Å². The van der Waals surface area contributed by atoms with Gasteiger partial charge in [-0.3, -0.25) is 9.69 Å². The number of halogens is 1. The summed E-state index contributed by atoms with van der Waals surface area (Å²) >= 11 is 1.71. The van der Waals surface area contributed by atoms with Crippen molar-refractivity contribution in [1.82, 2.24) is 9.80 Å². The third-order valence-electron chi connectivity index (χ3n) is 5.80. The normalized spacial score (nSPS) is 18.9. The first-order valence-electron chi connectivity index (χ1n) is 11.0. The van der Waals surface area contributed by atoms with Gasteiger partial charge in [-0.25, -0.2) is 4.39 Å². The molecule has 1 aromatic carbocycles. The standard InChI is InChI=1S/C24H31FN2O3S/c1-24(2,29)16-26(13-17-6-7-17)14-23(28)27-10-8-22-20(9-11-31-22)21(27)15-30-19-5-3-4-18(25)12-19/h3-5,9,11-12,17,21,29H,6-8,10,13-16H2,1-2H3. The first-order valence-corrected chi connectivity index (χ1v) is 11.9. The Hall–Kier alpha value is -1.96. The van der Waals surface area contributed by atoms with Gasteiger partial charge in [0.25, 0.3) is 0 Å². The van der Waals surface area contributed by atoms with Crippen molar-refractivity contribution in [2.75, 3.05) is 32.8 Å². The van der Waals surface area contributed by atoms with Gasteiger partial charge in [-0.2, -0.15) is 0 Å². The number of nitrogens with zero attached hydrogens (tertiary/aromatic N) is 2. The second kappa shape index (κ2) is 9.27. The number of fused-ring (bicyclic) bond motifs is 1. The highest BCUT2D eigenvalue weighted by Gasteiger charge is 2.34. The SMILES string of the molecule is CC(C)(O)CN(CC(=O)N1CCc2sccc2C1COc1cccc(F)c1)CC1CC1. The summed E-state index contributed by atoms with van der Waals surface area (Å²) < 4.78 is 19.5. The van der Waals surface area contributed by atoms with Crippen molar-refractivity contribution in [3.05, 3.63) is 52.0 Å². The minimum absolute atomic E-state index is 0.0505. The lowest BCUT2D eigenvalue weighted by Crippen LogP contribution is -2.49. The smallest absolute Gasteiger partial charge is 0.237 e. The van der Waals surface area contributed by atoms with E-state index in [1.165, 1.54) is 29.9 Å². The molecule has 168 valence electrons. The van der Waals surface area contributed by atoms with E-state index in [0.29, 0.717) is 24.8 Å². The van der Waals surface area contributed by atoms with Crippen molar-refractivity contribution in [1.29, 1.82) is 0 Å². The maximum Gasteiger partial charge on any atom is 0.237 e. The maximum atomic E-state index is 13.5. The largest absolute Gasteiger partial charge is 0.491 e. The fraction of sp³-hybridized carbons (Fsp3) is 0.542. The molecule has 31 heavy (non-hydrogen) atoms. The summed E-state index contributed by atoms with van der Waals surface area (Å²) in [7, 11) is 0. The second-order valence-corrected chi connectivity index (χ2v) is 10.3. The Morgan fingerprint density at radius 1 is 1.35 bits per heavy atom. The molecule has 2 aliphatic rings. The van der Waals surface area contributed by atoms with Crippen LogP contribution in [0.5, 0.6) is 5.75 Å². The number of hydrogen-bond acceptors (Lipinski definition) is 5. The zero-order valence-electron chi connectivity index (χ0n) is 18.2. The number of hydrogen-bond donors (Lipinski definition) is 1. The van der Waals surface area contributed by atoms with Crippen LogP contribution in [0.25, 0.3) is 0 Å². The summed E-state index contributed by atoms with van der Waals surface area (Å²) in [6.45, 7) is 6.10. The van der Waals surface area contributed by atoms with E-state index in [1.54, 1.807) is 37.3 Å². The Morgan fingerprint density at radius 2 is 2.16 bits per heavy atom. The van der Waals surface area contributed by atoms with Crippen molar-refractivity contribution in [3.63, 3.8) is 0 Å². The first kappa shape index (κ1) is 22.2. The van der Waals surface area contributed by atoms with Gasteiger partial charge in [0.2, 0.25) is 5.91 Å². The van der Waals surface area contributed by atoms with Crippen LogP contribution in [-0.2, 0) is 11.2 Å². The molecule has 1 aliphatic carbocycles. The molecular formula is C24H31FN2O3S. The summed E-state index contributed by atoms with van der Waals surface area (Å²) in [5.41, 5.74) is 0.273. The molecule has 0 radical (unpaired) electrons. The molecule has 4 rings (SSSR count). The molecule has 1 atom stereocenters. The van der Waals surface area contributed by atoms with Crippen LogP contribution in [0, 0.1) is 11.7 Å². The number of amides is 1. The molecule has 0 spiro atoms. The third-order valence-corrected chi connectivity index (χ3v) is 6.80. The lowest BCUT2D eigenvalue weighted by Gasteiger charge is -2.38. The van der Waals surface area contributed by atoms with Crippen molar-refractivity contribution in [3.8, 4) is 5.75 Å². The predicted octanol–water partition coefficient (Wildman–Crippen LogP) is 3.87. The van der Waals surface area contributed by atoms with Crippen LogP contribution >= 0.6 is 11.3 Å². The number of ether oxygens (including phenoxy) is 1. The van der Waals surface area contributed by atoms with Crippen LogP contribution in [-0.4, -0.2) is 59.2 Å². The van der Waals surface area contributed by atoms with Gasteiger partial charge in [-0.15, -0.1) is 11.3 Å². The molecular weight excluding hydrogens is 415 g/mol. The number of thiophene rings is 1. The molecule has 7 heteroatoms. The van der Waals surface area contributed by atoms with Gasteiger partial charge < -0.3 is 14.7 Å². The minimum Gasteiger partial charge on any atom is -0.491 e. The van der Waals surface area contributed by atoms with Crippen molar-refractivity contribution in [2.24, 2.45) is 5.92 Å². The topological polar surface area (TPSA) is 53.0 Å². The molecule has 1 saturated carbocycles. The van der Waals surface area contributed by atoms with Gasteiger partial charge in [-0.1, -0.05) is 6.07 Å². The molecule has 0 bridgehead atoms. The lowest BCUT2D eigenvalue weighted by molar-refractivity contribution is -0.136. The van der Waals surface area contributed by atoms with E-state index < -0.39 is 5.60 Å². The molecule has 1 N–H and O–H groups in total. The van der Waals surface area contributed by atoms with Crippen LogP contribution in [0.2, 0.25) is 0 Å². The molecule has 1 aliphatic heterocycles. The number of rotatable bonds is 9. The summed E-state index contributed by atoms with van der Waals surface area (Å²) in [6, 6.07) is 7.97. The van der Waals surface area contributed by atoms with Gasteiger partial charge >= 0.3 is 0 Å². The van der Waals surface area contributed by atoms with E-state index in [9.17, 15) is 14.3 Å². The zero-order chi connectivity index (χ0) is 22.0. The van der Waals surface area contributed by atoms with Crippen LogP contribution in [0.15, 0.2) is 35.7 Å². The number of carbonyl (C=O) groups excluding carboxylic acids is 1. The van der Waals surface area contributed by atoms with Crippen LogP contribution in [0.1, 0.15) is 43.2 Å². The number of benzene rings is 1. The number of aliphatic hydroxyl groups is 1. The van der Waals surface area contributed by atoms with Crippen molar-refractivity contribution >= 4 is 17.2 Å². The molecule has 5 nitrogen and oxygen atoms in total. The molecule has 1 amide bonds. The van der Waals surface area contributed by atoms with Crippen LogP contribution in [0.4, 0.5) is 4.39 Å². The third kappa shape index (κ3) is 6.05. The highest BCUT2D eigenvalue weighted by molar-refractivity contribution is 7.10. The Labute approximate surface area is 187 Å². The van der Waals surface area contributed by atoms with E-state index in [0.717, 1.165) is 18.5 Å². The lowest BCUT2D eigenvalue weighted by atomic mass is 10.00. The molecule has 1 aromatic heterocycles. The highest BCUT2D eigenvalue weighted by Crippen LogP contribution is 2.34. The average Bonchev–Trinajstić information content (AvgIpc) is 3.36. The Balaban J connectivity index is 1.48. The van der Waals surface area contributed by atoms with E-state index in [2.05, 4.69) is 16.3 Å². The van der Waals surface area contributed by atoms with E-state index >= 15 is 0 Å². The van der Waals surface area contributed by atoms with Gasteiger partial charge in [0.15, 0.2) is 0 Å². The highest BCUT2D eigenvalue weighted by atomic mass is 32.1. The quantitative estimate of drug-likeness (QED) is 0.635. The Bertz CT molecular complexity index is 906. The second-order valence-electron chi connectivity index (χ2n) is 9.35. The van der Waals surface area contributed by atoms with Gasteiger partial charge in [0.1, 0.15) is 18.2 Å². The first-order chi connectivity index (χ1) is 14.8. The minimum atomic E-state index is -0.850. The Kier molecular flexibility index (Phi) is 6.65. The number of carbonyl (C=O) groups is 1. The monoisotopic (exact) mass is 446 g/mol. The molecule has 0 saturated heterocycles. The maximum absolute atomic E-state index is 13.5. The Morgan fingerprint density at radius 3 is 2.87 bits per heavy atom. The van der Waals surface area contributed by atoms with Crippen molar-refractivity contribution in [2.45, 2.75) is 44.8 Å². The van der Waals surface area contributed by atoms with Gasteiger partial charge in [-0.05, 0) is 68.2 Å². The summed E-state index contributed by atoms with van der Waals surface area (Å²) in [5.74, 6) is 0.807. The van der Waals surface area contributed by atoms with Gasteiger partial charge in [0, 0.05) is 30.6 Å². The molecule has 2 heterocycles. The van der Waals surface area contributed by atoms with Crippen LogP contribution in [0.3, 0.4) is 0 Å². The van der Waals surface area contributed by atoms with Crippen LogP contribution < -0.4 is 4.74 Å². The molecule has 1 unspecified atom stereocenters. The zero-order valence-corrected chi connectivity index (χ0v) is 19.0. The summed E-state index contributed by atoms with van der Waals surface area (Å²) in [4.78, 5) is 18.7.